The van der Waals surface area contributed by atoms with Crippen LogP contribution < -0.4 is 9.47 Å². The second kappa shape index (κ2) is 5.97. The second-order valence-electron chi connectivity index (χ2n) is 7.87. The van der Waals surface area contributed by atoms with E-state index in [4.69, 9.17) is 14.2 Å². The van der Waals surface area contributed by atoms with Crippen LogP contribution in [0.4, 0.5) is 0 Å². The molecule has 2 amide bonds. The molecule has 0 radical (unpaired) electrons. The molecule has 8 nitrogen and oxygen atoms in total. The molecule has 0 aromatic heterocycles. The molecule has 5 aliphatic rings. The van der Waals surface area contributed by atoms with Gasteiger partial charge in [-0.15, -0.1) is 0 Å². The summed E-state index contributed by atoms with van der Waals surface area (Å²) in [6.45, 7) is 1.99. The predicted molar refractivity (Wildman–Crippen MR) is 106 cm³/mol. The number of carbonyl (C=O) groups is 2. The Morgan fingerprint density at radius 1 is 1.28 bits per heavy atom. The summed E-state index contributed by atoms with van der Waals surface area (Å²) >= 11 is 0. The number of hydrogen-bond donors (Lipinski definition) is 0. The molecule has 0 saturated carbocycles. The van der Waals surface area contributed by atoms with Crippen molar-refractivity contribution >= 4 is 33.4 Å². The van der Waals surface area contributed by atoms with E-state index in [1.165, 1.54) is 33.6 Å². The number of rotatable bonds is 3. The summed E-state index contributed by atoms with van der Waals surface area (Å²) in [6, 6.07) is 7.19. The maximum Gasteiger partial charge on any atom is 0.261 e. The normalized spacial score (nSPS) is 37.1. The summed E-state index contributed by atoms with van der Waals surface area (Å²) < 4.78 is 16.4. The second-order valence-corrected chi connectivity index (χ2v) is 10.7. The number of piperazine rings is 1. The molecule has 0 N–H and O–H groups in total. The number of likely N-dealkylation sites (N-methyl/N-ethyl adjacent to an activating group) is 1. The Bertz CT molecular complexity index is 983. The number of benzene rings is 1. The predicted octanol–water partition coefficient (Wildman–Crippen LogP) is 2.12. The molecule has 6 rings (SSSR count). The fraction of sp³-hybridized carbons (Fsp3) is 0.526. The number of ether oxygens (including phenoxy) is 3. The monoisotopic (exact) mass is 433 g/mol. The molecule has 1 spiro atoms. The topological polar surface area (TPSA) is 92.1 Å². The van der Waals surface area contributed by atoms with Crippen LogP contribution in [0.2, 0.25) is 0 Å². The number of amides is 2. The summed E-state index contributed by atoms with van der Waals surface area (Å²) in [5.74, 6) is 0.871. The molecule has 5 heterocycles. The first-order chi connectivity index (χ1) is 13.8. The summed E-state index contributed by atoms with van der Waals surface area (Å²) in [5.41, 5.74) is -0.340. The van der Waals surface area contributed by atoms with Crippen LogP contribution in [0.5, 0.6) is 11.5 Å². The molecule has 4 saturated heterocycles. The minimum Gasteiger partial charge on any atom is -0.454 e. The minimum absolute atomic E-state index is 0.104. The van der Waals surface area contributed by atoms with Gasteiger partial charge in [0, 0.05) is 20.6 Å². The lowest BCUT2D eigenvalue weighted by Crippen LogP contribution is -2.73. The van der Waals surface area contributed by atoms with Gasteiger partial charge < -0.3 is 24.0 Å². The zero-order chi connectivity index (χ0) is 20.6. The average Bonchev–Trinajstić information content (AvgIpc) is 3.30. The number of nitriles is 1. The van der Waals surface area contributed by atoms with Crippen molar-refractivity contribution in [3.05, 3.63) is 23.8 Å². The standard InChI is InChI=1S/C19H19N3O5S2/c1-17-15(23)22-14(11-4-5-12-13(6-11)27-10-26-12)18(8-20,9-25-3)7-19(22,29-28-17)16(24)21(17)2/h4-6,14H,7,9-10H2,1-3H3/t14-,17-,18+,19-/m0/s1. The van der Waals surface area contributed by atoms with Gasteiger partial charge in [-0.1, -0.05) is 27.7 Å². The first-order valence-corrected chi connectivity index (χ1v) is 11.3. The van der Waals surface area contributed by atoms with Crippen LogP contribution in [0, 0.1) is 16.7 Å². The zero-order valence-corrected chi connectivity index (χ0v) is 17.8. The molecule has 4 atom stereocenters. The fourth-order valence-corrected chi connectivity index (χ4v) is 8.31. The molecule has 29 heavy (non-hydrogen) atoms. The average molecular weight is 434 g/mol. The highest BCUT2D eigenvalue weighted by Gasteiger charge is 2.75. The van der Waals surface area contributed by atoms with E-state index in [1.807, 2.05) is 6.07 Å². The van der Waals surface area contributed by atoms with Gasteiger partial charge in [0.2, 0.25) is 6.79 Å². The molecular weight excluding hydrogens is 414 g/mol. The SMILES string of the molecule is COC[C@]1(C#N)C[C@@]23SS[C@@](C)(C(=O)N2[C@H]1c1ccc2c(c1)OCO2)N(C)C3=O. The van der Waals surface area contributed by atoms with E-state index in [2.05, 4.69) is 6.07 Å². The van der Waals surface area contributed by atoms with E-state index in [9.17, 15) is 14.9 Å². The molecule has 5 aliphatic heterocycles. The molecule has 10 heteroatoms. The van der Waals surface area contributed by atoms with Crippen LogP contribution >= 0.6 is 21.6 Å². The molecule has 0 unspecified atom stereocenters. The third-order valence-corrected chi connectivity index (χ3v) is 10.00. The van der Waals surface area contributed by atoms with E-state index in [1.54, 1.807) is 31.0 Å². The molecule has 4 fully saturated rings. The van der Waals surface area contributed by atoms with Gasteiger partial charge in [-0.3, -0.25) is 9.59 Å². The molecule has 0 aliphatic carbocycles. The summed E-state index contributed by atoms with van der Waals surface area (Å²) in [6.07, 6.45) is 0.201. The Morgan fingerprint density at radius 2 is 2.03 bits per heavy atom. The minimum atomic E-state index is -1.14. The fourth-order valence-electron chi connectivity index (χ4n) is 4.77. The quantitative estimate of drug-likeness (QED) is 0.670. The van der Waals surface area contributed by atoms with Gasteiger partial charge in [-0.05, 0) is 24.6 Å². The number of nitrogens with zero attached hydrogens (tertiary/aromatic N) is 3. The smallest absolute Gasteiger partial charge is 0.261 e. The van der Waals surface area contributed by atoms with E-state index in [0.29, 0.717) is 11.5 Å². The van der Waals surface area contributed by atoms with Crippen molar-refractivity contribution < 1.29 is 23.8 Å². The highest BCUT2D eigenvalue weighted by atomic mass is 33.1. The maximum absolute atomic E-state index is 13.7. The lowest BCUT2D eigenvalue weighted by molar-refractivity contribution is -0.164. The summed E-state index contributed by atoms with van der Waals surface area (Å²) in [7, 11) is 5.95. The Morgan fingerprint density at radius 3 is 2.76 bits per heavy atom. The Kier molecular flexibility index (Phi) is 3.89. The van der Waals surface area contributed by atoms with Gasteiger partial charge in [0.05, 0.1) is 18.7 Å². The van der Waals surface area contributed by atoms with Crippen LogP contribution in [-0.2, 0) is 14.3 Å². The molecule has 152 valence electrons. The highest BCUT2D eigenvalue weighted by Crippen LogP contribution is 2.69. The number of fused-ring (bicyclic) bond motifs is 3. The molecular formula is C19H19N3O5S2. The van der Waals surface area contributed by atoms with E-state index < -0.39 is 21.2 Å². The molecule has 1 aromatic carbocycles. The van der Waals surface area contributed by atoms with Crippen molar-refractivity contribution in [1.29, 1.82) is 5.26 Å². The van der Waals surface area contributed by atoms with Crippen molar-refractivity contribution in [3.63, 3.8) is 0 Å². The van der Waals surface area contributed by atoms with Crippen molar-refractivity contribution in [2.75, 3.05) is 27.6 Å². The lowest BCUT2D eigenvalue weighted by atomic mass is 9.78. The Balaban J connectivity index is 1.72. The first kappa shape index (κ1) is 18.9. The third kappa shape index (κ3) is 2.15. The summed E-state index contributed by atoms with van der Waals surface area (Å²) in [5, 5.41) is 10.3. The van der Waals surface area contributed by atoms with Gasteiger partial charge in [-0.25, -0.2) is 0 Å². The van der Waals surface area contributed by atoms with Crippen LogP contribution in [0.25, 0.3) is 0 Å². The van der Waals surface area contributed by atoms with Gasteiger partial charge >= 0.3 is 0 Å². The van der Waals surface area contributed by atoms with Gasteiger partial charge in [0.25, 0.3) is 11.8 Å². The van der Waals surface area contributed by atoms with Gasteiger partial charge in [0.15, 0.2) is 21.2 Å². The first-order valence-electron chi connectivity index (χ1n) is 9.12. The van der Waals surface area contributed by atoms with Crippen LogP contribution in [0.1, 0.15) is 24.9 Å². The number of carbonyl (C=O) groups excluding carboxylic acids is 2. The number of hydrogen-bond acceptors (Lipinski definition) is 8. The van der Waals surface area contributed by atoms with Crippen molar-refractivity contribution in [3.8, 4) is 17.6 Å². The van der Waals surface area contributed by atoms with Crippen LogP contribution in [-0.4, -0.2) is 58.9 Å². The van der Waals surface area contributed by atoms with Gasteiger partial charge in [0.1, 0.15) is 5.41 Å². The largest absolute Gasteiger partial charge is 0.454 e. The summed E-state index contributed by atoms with van der Waals surface area (Å²) in [4.78, 5) is 28.1. The van der Waals surface area contributed by atoms with Crippen molar-refractivity contribution in [1.82, 2.24) is 9.80 Å². The highest BCUT2D eigenvalue weighted by molar-refractivity contribution is 8.78. The van der Waals surface area contributed by atoms with Crippen LogP contribution in [0.15, 0.2) is 18.2 Å². The van der Waals surface area contributed by atoms with E-state index in [0.717, 1.165) is 5.56 Å². The zero-order valence-electron chi connectivity index (χ0n) is 16.1. The van der Waals surface area contributed by atoms with E-state index in [-0.39, 0.29) is 31.6 Å². The van der Waals surface area contributed by atoms with Crippen LogP contribution in [0.3, 0.4) is 0 Å². The molecule has 1 aromatic rings. The van der Waals surface area contributed by atoms with Gasteiger partial charge in [-0.2, -0.15) is 5.26 Å². The maximum atomic E-state index is 13.7. The molecule has 2 bridgehead atoms. The third-order valence-electron chi connectivity index (χ3n) is 6.30. The Hall–Kier alpha value is -2.09. The van der Waals surface area contributed by atoms with Crippen molar-refractivity contribution in [2.24, 2.45) is 5.41 Å². The lowest BCUT2D eigenvalue weighted by Gasteiger charge is -2.57. The number of methoxy groups -OCH3 is 1. The Labute approximate surface area is 175 Å². The van der Waals surface area contributed by atoms with E-state index >= 15 is 0 Å². The van der Waals surface area contributed by atoms with Crippen molar-refractivity contribution in [2.45, 2.75) is 29.1 Å².